The van der Waals surface area contributed by atoms with Gasteiger partial charge in [0, 0.05) is 24.2 Å². The summed E-state index contributed by atoms with van der Waals surface area (Å²) in [5.41, 5.74) is 3.18. The summed E-state index contributed by atoms with van der Waals surface area (Å²) in [6.45, 7) is 2.75. The molecule has 0 aliphatic carbocycles. The molecule has 33 heavy (non-hydrogen) atoms. The van der Waals surface area contributed by atoms with E-state index in [1.54, 1.807) is 31.2 Å². The van der Waals surface area contributed by atoms with Crippen LogP contribution in [0, 0.1) is 0 Å². The highest BCUT2D eigenvalue weighted by Crippen LogP contribution is 2.19. The van der Waals surface area contributed by atoms with Gasteiger partial charge in [-0.15, -0.1) is 0 Å². The van der Waals surface area contributed by atoms with Crippen molar-refractivity contribution < 1.29 is 23.9 Å². The van der Waals surface area contributed by atoms with Gasteiger partial charge in [0.25, 0.3) is 11.8 Å². The van der Waals surface area contributed by atoms with Gasteiger partial charge in [-0.1, -0.05) is 42.5 Å². The standard InChI is InChI=1S/C26H26N2O5/c1-2-32-26(31)33-23-15-13-22(14-16-23)25(30)28-18-6-17-27-24(29)21-11-9-20(10-12-21)19-7-4-3-5-8-19/h3-5,7-16H,2,6,17-18H2,1H3,(H,27,29)(H,28,30). The molecular weight excluding hydrogens is 420 g/mol. The molecule has 0 atom stereocenters. The van der Waals surface area contributed by atoms with E-state index in [0.717, 1.165) is 11.1 Å². The van der Waals surface area contributed by atoms with Gasteiger partial charge in [-0.25, -0.2) is 4.79 Å². The topological polar surface area (TPSA) is 93.7 Å². The first kappa shape index (κ1) is 23.5. The molecule has 3 aromatic rings. The van der Waals surface area contributed by atoms with Crippen LogP contribution in [0.5, 0.6) is 5.75 Å². The highest BCUT2D eigenvalue weighted by Gasteiger charge is 2.09. The van der Waals surface area contributed by atoms with Gasteiger partial charge in [-0.05, 0) is 60.9 Å². The molecule has 7 heteroatoms. The van der Waals surface area contributed by atoms with Gasteiger partial charge in [-0.2, -0.15) is 0 Å². The highest BCUT2D eigenvalue weighted by molar-refractivity contribution is 5.95. The van der Waals surface area contributed by atoms with E-state index in [-0.39, 0.29) is 18.4 Å². The normalized spacial score (nSPS) is 10.2. The van der Waals surface area contributed by atoms with Crippen LogP contribution in [0.2, 0.25) is 0 Å². The number of hydrogen-bond donors (Lipinski definition) is 2. The van der Waals surface area contributed by atoms with E-state index < -0.39 is 6.16 Å². The smallest absolute Gasteiger partial charge is 0.434 e. The molecule has 0 heterocycles. The zero-order chi connectivity index (χ0) is 23.5. The molecule has 0 saturated heterocycles. The Balaban J connectivity index is 1.37. The lowest BCUT2D eigenvalue weighted by Crippen LogP contribution is -2.29. The molecule has 0 unspecified atom stereocenters. The lowest BCUT2D eigenvalue weighted by molar-refractivity contribution is 0.0951. The monoisotopic (exact) mass is 446 g/mol. The number of benzene rings is 3. The van der Waals surface area contributed by atoms with Crippen LogP contribution in [0.1, 0.15) is 34.1 Å². The van der Waals surface area contributed by atoms with E-state index in [0.29, 0.717) is 36.4 Å². The minimum absolute atomic E-state index is 0.155. The van der Waals surface area contributed by atoms with E-state index in [1.165, 1.54) is 12.1 Å². The predicted octanol–water partition coefficient (Wildman–Crippen LogP) is 4.44. The highest BCUT2D eigenvalue weighted by atomic mass is 16.7. The van der Waals surface area contributed by atoms with Crippen LogP contribution in [-0.4, -0.2) is 37.7 Å². The number of carbonyl (C=O) groups is 3. The van der Waals surface area contributed by atoms with Crippen molar-refractivity contribution in [3.05, 3.63) is 90.0 Å². The van der Waals surface area contributed by atoms with Gasteiger partial charge in [0.15, 0.2) is 0 Å². The molecule has 3 aromatic carbocycles. The number of rotatable bonds is 9. The fraction of sp³-hybridized carbons (Fsp3) is 0.192. The first-order valence-electron chi connectivity index (χ1n) is 10.7. The molecule has 0 aliphatic rings. The van der Waals surface area contributed by atoms with Gasteiger partial charge in [0.2, 0.25) is 0 Å². The third kappa shape index (κ3) is 7.21. The summed E-state index contributed by atoms with van der Waals surface area (Å²) in [6.07, 6.45) is -0.201. The van der Waals surface area contributed by atoms with E-state index >= 15 is 0 Å². The molecule has 0 saturated carbocycles. The van der Waals surface area contributed by atoms with Gasteiger partial charge >= 0.3 is 6.16 Å². The van der Waals surface area contributed by atoms with Crippen molar-refractivity contribution >= 4 is 18.0 Å². The number of ether oxygens (including phenoxy) is 2. The summed E-state index contributed by atoms with van der Waals surface area (Å²) in [4.78, 5) is 35.8. The van der Waals surface area contributed by atoms with Crippen LogP contribution in [0.4, 0.5) is 4.79 Å². The van der Waals surface area contributed by atoms with E-state index in [4.69, 9.17) is 9.47 Å². The van der Waals surface area contributed by atoms with Gasteiger partial charge < -0.3 is 20.1 Å². The second-order valence-electron chi connectivity index (χ2n) is 7.12. The number of nitrogens with one attached hydrogen (secondary N) is 2. The van der Waals surface area contributed by atoms with Crippen molar-refractivity contribution in [1.82, 2.24) is 10.6 Å². The van der Waals surface area contributed by atoms with Crippen LogP contribution in [0.25, 0.3) is 11.1 Å². The summed E-state index contributed by atoms with van der Waals surface area (Å²) in [6, 6.07) is 23.6. The van der Waals surface area contributed by atoms with Gasteiger partial charge in [0.1, 0.15) is 5.75 Å². The second kappa shape index (κ2) is 12.0. The Morgan fingerprint density at radius 3 is 1.76 bits per heavy atom. The van der Waals surface area contributed by atoms with Crippen LogP contribution in [-0.2, 0) is 4.74 Å². The van der Waals surface area contributed by atoms with Gasteiger partial charge in [0.05, 0.1) is 6.61 Å². The molecule has 7 nitrogen and oxygen atoms in total. The maximum atomic E-state index is 12.3. The average molecular weight is 447 g/mol. The molecule has 2 amide bonds. The van der Waals surface area contributed by atoms with Crippen molar-refractivity contribution in [1.29, 1.82) is 0 Å². The number of amides is 2. The van der Waals surface area contributed by atoms with Crippen molar-refractivity contribution in [2.75, 3.05) is 19.7 Å². The first-order chi connectivity index (χ1) is 16.1. The molecule has 0 aliphatic heterocycles. The van der Waals surface area contributed by atoms with Gasteiger partial charge in [-0.3, -0.25) is 9.59 Å². The lowest BCUT2D eigenvalue weighted by atomic mass is 10.0. The van der Waals surface area contributed by atoms with Crippen molar-refractivity contribution in [3.63, 3.8) is 0 Å². The summed E-state index contributed by atoms with van der Waals surface area (Å²) < 4.78 is 9.66. The Kier molecular flexibility index (Phi) is 8.59. The Morgan fingerprint density at radius 2 is 1.21 bits per heavy atom. The summed E-state index contributed by atoms with van der Waals surface area (Å²) in [5.74, 6) is -0.108. The fourth-order valence-corrected chi connectivity index (χ4v) is 3.06. The fourth-order valence-electron chi connectivity index (χ4n) is 3.06. The molecule has 0 fully saturated rings. The summed E-state index contributed by atoms with van der Waals surface area (Å²) in [5, 5.41) is 5.65. The lowest BCUT2D eigenvalue weighted by Gasteiger charge is -2.08. The molecule has 0 bridgehead atoms. The van der Waals surface area contributed by atoms with E-state index in [2.05, 4.69) is 10.6 Å². The van der Waals surface area contributed by atoms with Crippen molar-refractivity contribution in [2.45, 2.75) is 13.3 Å². The molecule has 170 valence electrons. The Hall–Kier alpha value is -4.13. The molecule has 2 N–H and O–H groups in total. The van der Waals surface area contributed by atoms with Crippen LogP contribution in [0.3, 0.4) is 0 Å². The quantitative estimate of drug-likeness (QED) is 0.288. The predicted molar refractivity (Wildman–Crippen MR) is 125 cm³/mol. The molecule has 0 spiro atoms. The third-order valence-corrected chi connectivity index (χ3v) is 4.76. The van der Waals surface area contributed by atoms with E-state index in [9.17, 15) is 14.4 Å². The molecule has 3 rings (SSSR count). The molecular formula is C26H26N2O5. The number of carbonyl (C=O) groups excluding carboxylic acids is 3. The second-order valence-corrected chi connectivity index (χ2v) is 7.12. The maximum absolute atomic E-state index is 12.3. The molecule has 0 aromatic heterocycles. The largest absolute Gasteiger partial charge is 0.513 e. The number of hydrogen-bond acceptors (Lipinski definition) is 5. The van der Waals surface area contributed by atoms with Crippen molar-refractivity contribution in [2.24, 2.45) is 0 Å². The van der Waals surface area contributed by atoms with Crippen molar-refractivity contribution in [3.8, 4) is 16.9 Å². The zero-order valence-corrected chi connectivity index (χ0v) is 18.4. The van der Waals surface area contributed by atoms with Crippen LogP contribution < -0.4 is 15.4 Å². The minimum Gasteiger partial charge on any atom is -0.434 e. The van der Waals surface area contributed by atoms with Crippen LogP contribution >= 0.6 is 0 Å². The Bertz CT molecular complexity index is 1060. The summed E-state index contributed by atoms with van der Waals surface area (Å²) >= 11 is 0. The minimum atomic E-state index is -0.788. The maximum Gasteiger partial charge on any atom is 0.513 e. The Morgan fingerprint density at radius 1 is 0.697 bits per heavy atom. The average Bonchev–Trinajstić information content (AvgIpc) is 2.85. The van der Waals surface area contributed by atoms with Crippen LogP contribution in [0.15, 0.2) is 78.9 Å². The summed E-state index contributed by atoms with van der Waals surface area (Å²) in [7, 11) is 0. The Labute approximate surface area is 192 Å². The molecule has 0 radical (unpaired) electrons. The zero-order valence-electron chi connectivity index (χ0n) is 18.4. The van der Waals surface area contributed by atoms with E-state index in [1.807, 2.05) is 42.5 Å². The third-order valence-electron chi connectivity index (χ3n) is 4.76. The first-order valence-corrected chi connectivity index (χ1v) is 10.7. The SMILES string of the molecule is CCOC(=O)Oc1ccc(C(=O)NCCCNC(=O)c2ccc(-c3ccccc3)cc2)cc1.